The largest absolute Gasteiger partial charge is 0.437 e. The van der Waals surface area contributed by atoms with E-state index in [9.17, 15) is 0 Å². The van der Waals surface area contributed by atoms with Gasteiger partial charge in [0, 0.05) is 91.2 Å². The first-order chi connectivity index (χ1) is 53.6. The van der Waals surface area contributed by atoms with Crippen LogP contribution in [0.3, 0.4) is 0 Å². The van der Waals surface area contributed by atoms with Crippen LogP contribution in [0.1, 0.15) is 0 Å². The van der Waals surface area contributed by atoms with Crippen LogP contribution < -0.4 is 0 Å². The maximum absolute atomic E-state index is 6.83. The highest BCUT2D eigenvalue weighted by atomic mass is 32.1. The Kier molecular flexibility index (Phi) is 11.0. The summed E-state index contributed by atoms with van der Waals surface area (Å²) in [5.74, 6) is 2.92. The molecule has 0 unspecified atom stereocenters. The molecule has 108 heavy (non-hydrogen) atoms. The predicted octanol–water partition coefficient (Wildman–Crippen LogP) is 26.2. The van der Waals surface area contributed by atoms with Gasteiger partial charge in [0.2, 0.25) is 5.71 Å². The number of nitrogens with zero attached hydrogens (tertiary/aromatic N) is 8. The zero-order valence-corrected chi connectivity index (χ0v) is 58.2. The van der Waals surface area contributed by atoms with E-state index in [4.69, 9.17) is 24.4 Å². The molecule has 0 bridgehead atoms. The quantitative estimate of drug-likeness (QED) is 0.166. The molecule has 0 amide bonds. The van der Waals surface area contributed by atoms with Gasteiger partial charge in [-0.05, 0) is 127 Å². The third-order valence-electron chi connectivity index (χ3n) is 23.6. The Bertz CT molecular complexity index is 8520. The van der Waals surface area contributed by atoms with Gasteiger partial charge in [-0.3, -0.25) is 9.13 Å². The first-order valence-corrected chi connectivity index (χ1v) is 37.6. The molecule has 10 heteroatoms. The molecule has 0 aliphatic heterocycles. The van der Waals surface area contributed by atoms with Gasteiger partial charge in [-0.25, -0.2) is 15.0 Å². The number of aromatic nitrogens is 8. The van der Waals surface area contributed by atoms with Crippen LogP contribution in [-0.4, -0.2) is 37.9 Å². The minimum atomic E-state index is 0.537. The van der Waals surface area contributed by atoms with Crippen LogP contribution in [0.25, 0.3) is 251 Å². The molecule has 16 aromatic carbocycles. The number of para-hydroxylation sites is 4. The van der Waals surface area contributed by atoms with E-state index < -0.39 is 0 Å². The highest BCUT2D eigenvalue weighted by Gasteiger charge is 2.31. The fourth-order valence-corrected chi connectivity index (χ4v) is 20.1. The van der Waals surface area contributed by atoms with Gasteiger partial charge in [-0.2, -0.15) is 4.98 Å². The Morgan fingerprint density at radius 2 is 0.722 bits per heavy atom. The fourth-order valence-electron chi connectivity index (χ4n) is 19.0. The summed E-state index contributed by atoms with van der Waals surface area (Å²) in [5, 5.41) is 25.7. The van der Waals surface area contributed by atoms with Gasteiger partial charge in [0.25, 0.3) is 0 Å². The summed E-state index contributed by atoms with van der Waals surface area (Å²) in [6.07, 6.45) is 0. The lowest BCUT2D eigenvalue weighted by Gasteiger charge is -2.12. The maximum atomic E-state index is 6.83. The second kappa shape index (κ2) is 20.8. The SMILES string of the molecule is c1cc(-c2ccc(-c3nc(-n4c5ccc6ccccc6c5c5c6c7ccccc7n7c8ccccc8c(cc54)c67)c4c(n3)oc3ccccc34)cc2)cc(-c2ccc3c4c5c6c7ccccc7ccc6n(-c6nc(-c7ccc8ccccc8c7)nc7sc8ccccc8c67)c5cc5c6ccccc6n(c3c2)c54)c1. The van der Waals surface area contributed by atoms with Gasteiger partial charge in [0.05, 0.1) is 65.9 Å². The number of hydrogen-bond acceptors (Lipinski definition) is 6. The summed E-state index contributed by atoms with van der Waals surface area (Å²) in [6.45, 7) is 0. The molecule has 0 N–H and O–H groups in total. The monoisotopic (exact) mass is 1390 g/mol. The minimum absolute atomic E-state index is 0.537. The molecule has 10 heterocycles. The van der Waals surface area contributed by atoms with Crippen LogP contribution in [0.2, 0.25) is 0 Å². The molecule has 9 nitrogen and oxygen atoms in total. The lowest BCUT2D eigenvalue weighted by molar-refractivity contribution is 0.653. The minimum Gasteiger partial charge on any atom is -0.437 e. The van der Waals surface area contributed by atoms with E-state index in [0.717, 1.165) is 110 Å². The Morgan fingerprint density at radius 3 is 1.40 bits per heavy atom. The van der Waals surface area contributed by atoms with Gasteiger partial charge >= 0.3 is 0 Å². The second-order valence-electron chi connectivity index (χ2n) is 29.1. The van der Waals surface area contributed by atoms with Crippen LogP contribution in [0, 0.1) is 0 Å². The summed E-state index contributed by atoms with van der Waals surface area (Å²) >= 11 is 1.74. The standard InChI is InChI=1S/C98H52N8OS/c1-2-21-58-49-62(41-38-53(58)18-1)94-100-96(88-70-30-11-16-35-82(70)108-98(88)102-94)106-77-47-44-56-20-4-6-25-64(56)84(77)90-80(106)52-72-66-27-8-13-32-74(66)104-78-50-61(42-45-68(78)86(90)92(72)104)60-23-17-22-59(48-60)54-36-39-57(40-37-54)93-99-95(87-69-29-10-15-34-81(69)107-97(87)101-93)105-76-46-43-55-19-3-5-24-63(55)83(76)89-79(105)51-71-65-26-7-12-31-73(65)103-75-33-14-9-28-67(75)85(89)91(71)103/h1-52H. The summed E-state index contributed by atoms with van der Waals surface area (Å²) in [4.78, 5) is 23.3. The summed E-state index contributed by atoms with van der Waals surface area (Å²) in [7, 11) is 0. The zero-order chi connectivity index (χ0) is 69.9. The molecule has 0 fully saturated rings. The zero-order valence-electron chi connectivity index (χ0n) is 57.4. The number of thiophene rings is 1. The van der Waals surface area contributed by atoms with E-state index >= 15 is 0 Å². The predicted molar refractivity (Wildman–Crippen MR) is 450 cm³/mol. The molecule has 0 aliphatic carbocycles. The fraction of sp³-hybridized carbons (Fsp3) is 0. The number of hydrogen-bond donors (Lipinski definition) is 0. The van der Waals surface area contributed by atoms with Gasteiger partial charge in [0.1, 0.15) is 10.4 Å². The van der Waals surface area contributed by atoms with Crippen LogP contribution in [0.4, 0.5) is 0 Å². The van der Waals surface area contributed by atoms with Gasteiger partial charge < -0.3 is 13.2 Å². The number of rotatable bonds is 6. The Balaban J connectivity index is 0.647. The molecule has 0 radical (unpaired) electrons. The van der Waals surface area contributed by atoms with Gasteiger partial charge in [-0.15, -0.1) is 11.3 Å². The molecule has 0 saturated heterocycles. The van der Waals surface area contributed by atoms with Crippen molar-refractivity contribution in [2.45, 2.75) is 0 Å². The molecule has 496 valence electrons. The summed E-state index contributed by atoms with van der Waals surface area (Å²) < 4.78 is 17.9. The highest BCUT2D eigenvalue weighted by Crippen LogP contribution is 2.53. The molecule has 0 saturated carbocycles. The molecule has 26 rings (SSSR count). The third kappa shape index (κ3) is 7.47. The van der Waals surface area contributed by atoms with E-state index in [-0.39, 0.29) is 0 Å². The molecule has 26 aromatic rings. The van der Waals surface area contributed by atoms with E-state index in [1.165, 1.54) is 124 Å². The Labute approximate surface area is 616 Å². The number of benzene rings is 16. The molecule has 0 aliphatic rings. The van der Waals surface area contributed by atoms with Crippen LogP contribution in [0.5, 0.6) is 0 Å². The van der Waals surface area contributed by atoms with E-state index in [1.807, 2.05) is 12.1 Å². The highest BCUT2D eigenvalue weighted by molar-refractivity contribution is 7.25. The van der Waals surface area contributed by atoms with Crippen molar-refractivity contribution >= 4 is 206 Å². The summed E-state index contributed by atoms with van der Waals surface area (Å²) in [6, 6.07) is 115. The second-order valence-corrected chi connectivity index (χ2v) is 30.1. The van der Waals surface area contributed by atoms with Gasteiger partial charge in [-0.1, -0.05) is 243 Å². The smallest absolute Gasteiger partial charge is 0.233 e. The lowest BCUT2D eigenvalue weighted by atomic mass is 9.96. The van der Waals surface area contributed by atoms with Crippen LogP contribution in [0.15, 0.2) is 320 Å². The van der Waals surface area contributed by atoms with E-state index in [0.29, 0.717) is 17.4 Å². The van der Waals surface area contributed by atoms with Crippen molar-refractivity contribution in [1.82, 2.24) is 37.9 Å². The van der Waals surface area contributed by atoms with Gasteiger partial charge in [0.15, 0.2) is 23.3 Å². The average molecular weight is 1390 g/mol. The Hall–Kier alpha value is -14.3. The normalized spacial score (nSPS) is 12.6. The van der Waals surface area contributed by atoms with Crippen molar-refractivity contribution in [3.63, 3.8) is 0 Å². The van der Waals surface area contributed by atoms with Crippen LogP contribution in [-0.2, 0) is 0 Å². The first-order valence-electron chi connectivity index (χ1n) is 36.8. The first kappa shape index (κ1) is 57.1. The van der Waals surface area contributed by atoms with Crippen molar-refractivity contribution in [3.05, 3.63) is 315 Å². The number of fused-ring (bicyclic) bond motifs is 31. The van der Waals surface area contributed by atoms with Crippen molar-refractivity contribution in [3.8, 4) is 56.7 Å². The maximum Gasteiger partial charge on any atom is 0.233 e. The molecular weight excluding hydrogens is 1340 g/mol. The van der Waals surface area contributed by atoms with Crippen molar-refractivity contribution < 1.29 is 4.42 Å². The Morgan fingerprint density at radius 1 is 0.241 bits per heavy atom. The average Bonchev–Trinajstić information content (AvgIpc) is 1.51. The van der Waals surface area contributed by atoms with Crippen molar-refractivity contribution in [1.29, 1.82) is 0 Å². The van der Waals surface area contributed by atoms with E-state index in [1.54, 1.807) is 11.3 Å². The molecular formula is C98H52N8OS. The third-order valence-corrected chi connectivity index (χ3v) is 24.7. The molecule has 0 atom stereocenters. The number of furan rings is 1. The lowest BCUT2D eigenvalue weighted by Crippen LogP contribution is -2.02. The van der Waals surface area contributed by atoms with Crippen molar-refractivity contribution in [2.75, 3.05) is 0 Å². The topological polar surface area (TPSA) is 83.4 Å². The van der Waals surface area contributed by atoms with Crippen LogP contribution >= 0.6 is 11.3 Å². The summed E-state index contributed by atoms with van der Waals surface area (Å²) in [5.41, 5.74) is 19.1. The van der Waals surface area contributed by atoms with Crippen molar-refractivity contribution in [2.24, 2.45) is 0 Å². The van der Waals surface area contributed by atoms with E-state index in [2.05, 4.69) is 321 Å². The molecule has 10 aromatic heterocycles. The molecule has 0 spiro atoms.